The van der Waals surface area contributed by atoms with Crippen LogP contribution < -0.4 is 4.90 Å². The zero-order valence-corrected chi connectivity index (χ0v) is 9.54. The molecule has 0 aromatic carbocycles. The van der Waals surface area contributed by atoms with Crippen LogP contribution in [0.1, 0.15) is 10.5 Å². The molecule has 0 saturated heterocycles. The summed E-state index contributed by atoms with van der Waals surface area (Å²) >= 11 is 0. The number of methoxy groups -OCH3 is 1. The number of aliphatic hydroxyl groups is 2. The summed E-state index contributed by atoms with van der Waals surface area (Å²) < 4.78 is 4.50. The number of aromatic nitrogens is 2. The summed E-state index contributed by atoms with van der Waals surface area (Å²) in [6.07, 6.45) is 0. The molecule has 7 nitrogen and oxygen atoms in total. The van der Waals surface area contributed by atoms with Gasteiger partial charge in [-0.3, -0.25) is 0 Å². The lowest BCUT2D eigenvalue weighted by atomic mass is 10.3. The highest BCUT2D eigenvalue weighted by Gasteiger charge is 2.11. The maximum atomic E-state index is 11.1. The van der Waals surface area contributed by atoms with E-state index >= 15 is 0 Å². The molecular weight excluding hydrogens is 226 g/mol. The Hall–Kier alpha value is -1.73. The highest BCUT2D eigenvalue weighted by Crippen LogP contribution is 2.09. The van der Waals surface area contributed by atoms with Crippen LogP contribution in [0, 0.1) is 0 Å². The summed E-state index contributed by atoms with van der Waals surface area (Å²) in [5, 5.41) is 25.3. The van der Waals surface area contributed by atoms with Crippen LogP contribution in [-0.4, -0.2) is 59.8 Å². The van der Waals surface area contributed by atoms with Crippen LogP contribution in [0.2, 0.25) is 0 Å². The van der Waals surface area contributed by atoms with E-state index in [2.05, 4.69) is 14.9 Å². The molecule has 94 valence electrons. The van der Waals surface area contributed by atoms with E-state index in [1.807, 2.05) is 0 Å². The van der Waals surface area contributed by atoms with Gasteiger partial charge >= 0.3 is 5.97 Å². The Labute approximate surface area is 98.7 Å². The standard InChI is InChI=1S/C10H15N3O4/c1-17-10(16)8-2-3-9(12-11-8)13(4-6-14)5-7-15/h2-3,14-15H,4-7H2,1H3. The Morgan fingerprint density at radius 2 is 1.94 bits per heavy atom. The first-order chi connectivity index (χ1) is 8.22. The molecule has 0 atom stereocenters. The van der Waals surface area contributed by atoms with Crippen molar-refractivity contribution in [1.82, 2.24) is 10.2 Å². The summed E-state index contributed by atoms with van der Waals surface area (Å²) in [5.41, 5.74) is 0.115. The minimum atomic E-state index is -0.556. The predicted octanol–water partition coefficient (Wildman–Crippen LogP) is -0.946. The van der Waals surface area contributed by atoms with Gasteiger partial charge in [-0.2, -0.15) is 0 Å². The maximum Gasteiger partial charge on any atom is 0.358 e. The second kappa shape index (κ2) is 6.77. The zero-order valence-electron chi connectivity index (χ0n) is 9.54. The van der Waals surface area contributed by atoms with E-state index in [0.717, 1.165) is 0 Å². The van der Waals surface area contributed by atoms with Crippen LogP contribution in [-0.2, 0) is 4.74 Å². The topological polar surface area (TPSA) is 95.8 Å². The summed E-state index contributed by atoms with van der Waals surface area (Å²) in [5.74, 6) is -0.0688. The van der Waals surface area contributed by atoms with Gasteiger partial charge in [0.2, 0.25) is 0 Å². The largest absolute Gasteiger partial charge is 0.464 e. The van der Waals surface area contributed by atoms with Gasteiger partial charge in [0, 0.05) is 13.1 Å². The lowest BCUT2D eigenvalue weighted by Crippen LogP contribution is -2.30. The van der Waals surface area contributed by atoms with Gasteiger partial charge in [0.25, 0.3) is 0 Å². The van der Waals surface area contributed by atoms with Crippen LogP contribution in [0.5, 0.6) is 0 Å². The van der Waals surface area contributed by atoms with E-state index < -0.39 is 5.97 Å². The molecule has 0 unspecified atom stereocenters. The van der Waals surface area contributed by atoms with Crippen molar-refractivity contribution >= 4 is 11.8 Å². The third-order valence-electron chi connectivity index (χ3n) is 2.11. The molecular formula is C10H15N3O4. The summed E-state index contributed by atoms with van der Waals surface area (Å²) in [6.45, 7) is 0.570. The van der Waals surface area contributed by atoms with Gasteiger partial charge in [0.05, 0.1) is 20.3 Å². The summed E-state index contributed by atoms with van der Waals surface area (Å²) in [4.78, 5) is 12.8. The van der Waals surface area contributed by atoms with Gasteiger partial charge in [0.15, 0.2) is 11.5 Å². The van der Waals surface area contributed by atoms with Gasteiger partial charge < -0.3 is 19.8 Å². The van der Waals surface area contributed by atoms with E-state index in [9.17, 15) is 4.79 Å². The van der Waals surface area contributed by atoms with Gasteiger partial charge in [-0.1, -0.05) is 0 Å². The number of anilines is 1. The normalized spacial score (nSPS) is 10.1. The molecule has 1 aromatic rings. The number of nitrogens with zero attached hydrogens (tertiary/aromatic N) is 3. The second-order valence-corrected chi connectivity index (χ2v) is 3.20. The van der Waals surface area contributed by atoms with E-state index in [4.69, 9.17) is 10.2 Å². The summed E-state index contributed by atoms with van der Waals surface area (Å²) in [7, 11) is 1.27. The molecule has 7 heteroatoms. The van der Waals surface area contributed by atoms with Crippen molar-refractivity contribution in [3.63, 3.8) is 0 Å². The Kier molecular flexibility index (Phi) is 5.31. The van der Waals surface area contributed by atoms with Gasteiger partial charge in [-0.05, 0) is 12.1 Å². The number of hydrogen-bond acceptors (Lipinski definition) is 7. The van der Waals surface area contributed by atoms with Crippen molar-refractivity contribution in [2.45, 2.75) is 0 Å². The molecule has 0 radical (unpaired) electrons. The Balaban J connectivity index is 2.80. The molecule has 1 heterocycles. The maximum absolute atomic E-state index is 11.1. The number of ether oxygens (including phenoxy) is 1. The van der Waals surface area contributed by atoms with Crippen molar-refractivity contribution in [2.75, 3.05) is 38.3 Å². The summed E-state index contributed by atoms with van der Waals surface area (Å²) in [6, 6.07) is 3.07. The number of carbonyl (C=O) groups excluding carboxylic acids is 1. The van der Waals surface area contributed by atoms with Crippen molar-refractivity contribution < 1.29 is 19.7 Å². The molecule has 0 saturated carbocycles. The van der Waals surface area contributed by atoms with Gasteiger partial charge in [-0.15, -0.1) is 10.2 Å². The molecule has 0 bridgehead atoms. The van der Waals surface area contributed by atoms with E-state index in [1.165, 1.54) is 13.2 Å². The van der Waals surface area contributed by atoms with Crippen LogP contribution in [0.25, 0.3) is 0 Å². The fourth-order valence-electron chi connectivity index (χ4n) is 1.29. The first-order valence-corrected chi connectivity index (χ1v) is 5.11. The molecule has 0 spiro atoms. The van der Waals surface area contributed by atoms with Crippen LogP contribution in [0.3, 0.4) is 0 Å². The Morgan fingerprint density at radius 1 is 1.29 bits per heavy atom. The molecule has 0 aliphatic rings. The first-order valence-electron chi connectivity index (χ1n) is 5.11. The Morgan fingerprint density at radius 3 is 2.35 bits per heavy atom. The average molecular weight is 241 g/mol. The third-order valence-corrected chi connectivity index (χ3v) is 2.11. The minimum Gasteiger partial charge on any atom is -0.464 e. The minimum absolute atomic E-state index is 0.0551. The Bertz CT molecular complexity index is 349. The smallest absolute Gasteiger partial charge is 0.358 e. The van der Waals surface area contributed by atoms with Crippen molar-refractivity contribution in [2.24, 2.45) is 0 Å². The van der Waals surface area contributed by atoms with E-state index in [1.54, 1.807) is 11.0 Å². The zero-order chi connectivity index (χ0) is 12.7. The lowest BCUT2D eigenvalue weighted by molar-refractivity contribution is 0.0592. The highest BCUT2D eigenvalue weighted by molar-refractivity contribution is 5.86. The van der Waals surface area contributed by atoms with Gasteiger partial charge in [-0.25, -0.2) is 4.79 Å². The van der Waals surface area contributed by atoms with Crippen molar-refractivity contribution in [3.8, 4) is 0 Å². The third kappa shape index (κ3) is 3.65. The van der Waals surface area contributed by atoms with Crippen molar-refractivity contribution in [1.29, 1.82) is 0 Å². The quantitative estimate of drug-likeness (QED) is 0.620. The molecule has 0 aliphatic carbocycles. The van der Waals surface area contributed by atoms with Crippen LogP contribution >= 0.6 is 0 Å². The number of rotatable bonds is 6. The molecule has 2 N–H and O–H groups in total. The SMILES string of the molecule is COC(=O)c1ccc(N(CCO)CCO)nn1. The van der Waals surface area contributed by atoms with Crippen LogP contribution in [0.4, 0.5) is 5.82 Å². The predicted molar refractivity (Wildman–Crippen MR) is 59.8 cm³/mol. The first kappa shape index (κ1) is 13.3. The van der Waals surface area contributed by atoms with Crippen molar-refractivity contribution in [3.05, 3.63) is 17.8 Å². The average Bonchev–Trinajstić information content (AvgIpc) is 2.38. The highest BCUT2D eigenvalue weighted by atomic mass is 16.5. The molecule has 1 rings (SSSR count). The number of hydrogen-bond donors (Lipinski definition) is 2. The van der Waals surface area contributed by atoms with Crippen LogP contribution in [0.15, 0.2) is 12.1 Å². The fourth-order valence-corrected chi connectivity index (χ4v) is 1.29. The van der Waals surface area contributed by atoms with E-state index in [-0.39, 0.29) is 18.9 Å². The lowest BCUT2D eigenvalue weighted by Gasteiger charge is -2.20. The molecule has 0 fully saturated rings. The molecule has 0 amide bonds. The van der Waals surface area contributed by atoms with E-state index in [0.29, 0.717) is 18.9 Å². The molecule has 17 heavy (non-hydrogen) atoms. The van der Waals surface area contributed by atoms with Gasteiger partial charge in [0.1, 0.15) is 0 Å². The number of aliphatic hydroxyl groups excluding tert-OH is 2. The number of carbonyl (C=O) groups is 1. The molecule has 1 aromatic heterocycles. The number of esters is 1. The monoisotopic (exact) mass is 241 g/mol. The molecule has 0 aliphatic heterocycles. The second-order valence-electron chi connectivity index (χ2n) is 3.20. The fraction of sp³-hybridized carbons (Fsp3) is 0.500.